The molecule has 0 amide bonds. The molecule has 0 aliphatic heterocycles. The third-order valence-electron chi connectivity index (χ3n) is 3.90. The number of fused-ring (bicyclic) bond motifs is 3. The first-order valence-electron chi connectivity index (χ1n) is 6.14. The van der Waals surface area contributed by atoms with Gasteiger partial charge in [0, 0.05) is 17.7 Å². The van der Waals surface area contributed by atoms with Gasteiger partial charge in [0.15, 0.2) is 0 Å². The average molecular weight is 223 g/mol. The third kappa shape index (κ3) is 1.49. The highest BCUT2D eigenvalue weighted by atomic mass is 14.7. The van der Waals surface area contributed by atoms with Gasteiger partial charge in [0.25, 0.3) is 0 Å². The largest absolute Gasteiger partial charge is 0.253 e. The summed E-state index contributed by atoms with van der Waals surface area (Å²) in [5.74, 6) is 0. The molecule has 0 N–H and O–H groups in total. The predicted molar refractivity (Wildman–Crippen MR) is 71.4 cm³/mol. The molecule has 0 fully saturated rings. The SMILES string of the molecule is Cc1cc2c(cc1C)-c1nc(C)c(C)cc1C2. The molecule has 0 bridgehead atoms. The molecule has 17 heavy (non-hydrogen) atoms. The maximum absolute atomic E-state index is 4.77. The van der Waals surface area contributed by atoms with E-state index in [-0.39, 0.29) is 0 Å². The number of aryl methyl sites for hydroxylation is 4. The van der Waals surface area contributed by atoms with E-state index in [1.807, 2.05) is 0 Å². The molecule has 0 unspecified atom stereocenters. The summed E-state index contributed by atoms with van der Waals surface area (Å²) in [4.78, 5) is 4.77. The number of nitrogens with zero attached hydrogens (tertiary/aromatic N) is 1. The molecule has 1 heteroatoms. The van der Waals surface area contributed by atoms with Crippen molar-refractivity contribution in [1.82, 2.24) is 4.98 Å². The molecule has 3 rings (SSSR count). The molecule has 2 aromatic rings. The van der Waals surface area contributed by atoms with Gasteiger partial charge in [0.2, 0.25) is 0 Å². The van der Waals surface area contributed by atoms with E-state index in [2.05, 4.69) is 45.9 Å². The first-order chi connectivity index (χ1) is 8.06. The Bertz CT molecular complexity index is 568. The summed E-state index contributed by atoms with van der Waals surface area (Å²) in [7, 11) is 0. The molecule has 1 aromatic carbocycles. The van der Waals surface area contributed by atoms with Gasteiger partial charge in [-0.1, -0.05) is 12.1 Å². The van der Waals surface area contributed by atoms with Crippen molar-refractivity contribution in [3.8, 4) is 11.3 Å². The maximum atomic E-state index is 4.77. The lowest BCUT2D eigenvalue weighted by Gasteiger charge is -2.06. The normalized spacial score (nSPS) is 12.5. The fourth-order valence-electron chi connectivity index (χ4n) is 2.58. The van der Waals surface area contributed by atoms with Crippen LogP contribution >= 0.6 is 0 Å². The van der Waals surface area contributed by atoms with E-state index < -0.39 is 0 Å². The van der Waals surface area contributed by atoms with Crippen LogP contribution in [0.2, 0.25) is 0 Å². The van der Waals surface area contributed by atoms with E-state index >= 15 is 0 Å². The lowest BCUT2D eigenvalue weighted by Crippen LogP contribution is -1.92. The van der Waals surface area contributed by atoms with Crippen molar-refractivity contribution in [2.75, 3.05) is 0 Å². The zero-order valence-electron chi connectivity index (χ0n) is 10.9. The van der Waals surface area contributed by atoms with Crippen molar-refractivity contribution >= 4 is 0 Å². The third-order valence-corrected chi connectivity index (χ3v) is 3.90. The molecule has 86 valence electrons. The van der Waals surface area contributed by atoms with Crippen LogP contribution in [-0.4, -0.2) is 4.98 Å². The van der Waals surface area contributed by atoms with Gasteiger partial charge in [-0.2, -0.15) is 0 Å². The Morgan fingerprint density at radius 3 is 2.24 bits per heavy atom. The molecule has 1 nitrogen and oxygen atoms in total. The van der Waals surface area contributed by atoms with Crippen LogP contribution in [-0.2, 0) is 6.42 Å². The van der Waals surface area contributed by atoms with Crippen LogP contribution in [0.15, 0.2) is 18.2 Å². The standard InChI is InChI=1S/C16H17N/c1-9-5-13-8-14-6-11(3)12(4)17-16(14)15(13)7-10(9)2/h5-7H,8H2,1-4H3. The fraction of sp³-hybridized carbons (Fsp3) is 0.312. The second-order valence-electron chi connectivity index (χ2n) is 5.17. The zero-order valence-corrected chi connectivity index (χ0v) is 10.9. The Balaban J connectivity index is 2.27. The Morgan fingerprint density at radius 2 is 1.47 bits per heavy atom. The number of rotatable bonds is 0. The molecule has 0 saturated carbocycles. The summed E-state index contributed by atoms with van der Waals surface area (Å²) in [6, 6.07) is 6.90. The highest BCUT2D eigenvalue weighted by Gasteiger charge is 2.21. The minimum Gasteiger partial charge on any atom is -0.253 e. The molecule has 1 heterocycles. The fourth-order valence-corrected chi connectivity index (χ4v) is 2.58. The smallest absolute Gasteiger partial charge is 0.0743 e. The Labute approximate surface area is 103 Å². The molecular formula is C16H17N. The molecule has 1 aliphatic rings. The zero-order chi connectivity index (χ0) is 12.2. The Kier molecular flexibility index (Phi) is 2.12. The average Bonchev–Trinajstić information content (AvgIpc) is 2.58. The predicted octanol–water partition coefficient (Wildman–Crippen LogP) is 3.89. The Morgan fingerprint density at radius 1 is 0.824 bits per heavy atom. The highest BCUT2D eigenvalue weighted by Crippen LogP contribution is 2.37. The van der Waals surface area contributed by atoms with Crippen molar-refractivity contribution in [2.24, 2.45) is 0 Å². The molecule has 0 spiro atoms. The number of hydrogen-bond acceptors (Lipinski definition) is 1. The van der Waals surface area contributed by atoms with Crippen molar-refractivity contribution < 1.29 is 0 Å². The minimum absolute atomic E-state index is 1.04. The van der Waals surface area contributed by atoms with E-state index in [9.17, 15) is 0 Å². The van der Waals surface area contributed by atoms with Crippen molar-refractivity contribution in [1.29, 1.82) is 0 Å². The maximum Gasteiger partial charge on any atom is 0.0743 e. The van der Waals surface area contributed by atoms with Crippen LogP contribution in [0, 0.1) is 27.7 Å². The van der Waals surface area contributed by atoms with Crippen LogP contribution in [0.4, 0.5) is 0 Å². The first-order valence-corrected chi connectivity index (χ1v) is 6.14. The summed E-state index contributed by atoms with van der Waals surface area (Å²) >= 11 is 0. The van der Waals surface area contributed by atoms with E-state index in [1.54, 1.807) is 0 Å². The van der Waals surface area contributed by atoms with E-state index in [1.165, 1.54) is 39.1 Å². The van der Waals surface area contributed by atoms with Gasteiger partial charge >= 0.3 is 0 Å². The minimum atomic E-state index is 1.04. The van der Waals surface area contributed by atoms with Gasteiger partial charge in [-0.25, -0.2) is 0 Å². The second kappa shape index (κ2) is 3.43. The molecule has 1 aromatic heterocycles. The summed E-state index contributed by atoms with van der Waals surface area (Å²) < 4.78 is 0. The lowest BCUT2D eigenvalue weighted by molar-refractivity contribution is 1.13. The number of benzene rings is 1. The van der Waals surface area contributed by atoms with Gasteiger partial charge in [-0.3, -0.25) is 4.98 Å². The topological polar surface area (TPSA) is 12.9 Å². The second-order valence-corrected chi connectivity index (χ2v) is 5.17. The van der Waals surface area contributed by atoms with Crippen molar-refractivity contribution in [3.63, 3.8) is 0 Å². The van der Waals surface area contributed by atoms with Crippen LogP contribution in [0.5, 0.6) is 0 Å². The highest BCUT2D eigenvalue weighted by molar-refractivity contribution is 5.75. The van der Waals surface area contributed by atoms with Crippen molar-refractivity contribution in [3.05, 3.63) is 51.7 Å². The molecule has 0 radical (unpaired) electrons. The summed E-state index contributed by atoms with van der Waals surface area (Å²) in [6.45, 7) is 8.59. The monoisotopic (exact) mass is 223 g/mol. The molecule has 0 atom stereocenters. The lowest BCUT2D eigenvalue weighted by atomic mass is 10.0. The van der Waals surface area contributed by atoms with Crippen LogP contribution < -0.4 is 0 Å². The van der Waals surface area contributed by atoms with E-state index in [0.29, 0.717) is 0 Å². The summed E-state index contributed by atoms with van der Waals surface area (Å²) in [6.07, 6.45) is 1.04. The van der Waals surface area contributed by atoms with Gasteiger partial charge in [-0.05, 0) is 61.6 Å². The van der Waals surface area contributed by atoms with Gasteiger partial charge in [0.05, 0.1) is 5.69 Å². The van der Waals surface area contributed by atoms with Gasteiger partial charge in [0.1, 0.15) is 0 Å². The summed E-state index contributed by atoms with van der Waals surface area (Å²) in [5.41, 5.74) is 10.5. The van der Waals surface area contributed by atoms with Crippen LogP contribution in [0.1, 0.15) is 33.5 Å². The summed E-state index contributed by atoms with van der Waals surface area (Å²) in [5, 5.41) is 0. The molecule has 1 aliphatic carbocycles. The van der Waals surface area contributed by atoms with E-state index in [0.717, 1.165) is 12.1 Å². The van der Waals surface area contributed by atoms with Gasteiger partial charge < -0.3 is 0 Å². The van der Waals surface area contributed by atoms with Gasteiger partial charge in [-0.15, -0.1) is 0 Å². The quantitative estimate of drug-likeness (QED) is 0.563. The molecule has 0 saturated heterocycles. The number of hydrogen-bond donors (Lipinski definition) is 0. The van der Waals surface area contributed by atoms with E-state index in [4.69, 9.17) is 4.98 Å². The van der Waals surface area contributed by atoms with Crippen LogP contribution in [0.3, 0.4) is 0 Å². The van der Waals surface area contributed by atoms with Crippen molar-refractivity contribution in [2.45, 2.75) is 34.1 Å². The Hall–Kier alpha value is -1.63. The van der Waals surface area contributed by atoms with Crippen LogP contribution in [0.25, 0.3) is 11.3 Å². The first kappa shape index (κ1) is 10.5. The molecular weight excluding hydrogens is 206 g/mol. The number of pyridine rings is 1. The number of aromatic nitrogens is 1.